The van der Waals surface area contributed by atoms with Gasteiger partial charge in [0.2, 0.25) is 5.28 Å². The quantitative estimate of drug-likeness (QED) is 0.857. The van der Waals surface area contributed by atoms with Gasteiger partial charge >= 0.3 is 0 Å². The lowest BCUT2D eigenvalue weighted by atomic mass is 9.95. The van der Waals surface area contributed by atoms with Crippen LogP contribution in [0.1, 0.15) is 46.0 Å². The van der Waals surface area contributed by atoms with E-state index in [0.717, 1.165) is 16.9 Å². The minimum absolute atomic E-state index is 0.272. The summed E-state index contributed by atoms with van der Waals surface area (Å²) < 4.78 is 1.74. The Morgan fingerprint density at radius 1 is 1.20 bits per heavy atom. The second-order valence-corrected chi connectivity index (χ2v) is 5.20. The van der Waals surface area contributed by atoms with E-state index in [9.17, 15) is 0 Å². The highest BCUT2D eigenvalue weighted by Crippen LogP contribution is 2.25. The summed E-state index contributed by atoms with van der Waals surface area (Å²) in [5.41, 5.74) is 1.59. The first-order valence-electron chi connectivity index (χ1n) is 7.36. The number of fused-ring (bicyclic) bond motifs is 1. The van der Waals surface area contributed by atoms with Gasteiger partial charge in [0.15, 0.2) is 11.3 Å². The van der Waals surface area contributed by atoms with Crippen LogP contribution in [0.2, 0.25) is 5.28 Å². The predicted octanol–water partition coefficient (Wildman–Crippen LogP) is 3.79. The van der Waals surface area contributed by atoms with E-state index in [2.05, 4.69) is 20.4 Å². The molecule has 1 saturated carbocycles. The maximum absolute atomic E-state index is 5.95. The zero-order valence-electron chi connectivity index (χ0n) is 12.4. The van der Waals surface area contributed by atoms with Crippen LogP contribution in [0.4, 0.5) is 5.82 Å². The van der Waals surface area contributed by atoms with E-state index in [-0.39, 0.29) is 5.28 Å². The molecule has 1 aliphatic carbocycles. The standard InChI is InChI=1S/C12H16ClN5.C2H6/c1-18-7-9-10(17-18)11(16-12(13)15-9)14-8-5-3-2-4-6-8;1-2/h7-8H,2-6H2,1H3,(H,14,15,16);1-2H3. The first-order chi connectivity index (χ1) is 9.72. The molecule has 0 atom stereocenters. The summed E-state index contributed by atoms with van der Waals surface area (Å²) >= 11 is 5.95. The average molecular weight is 296 g/mol. The molecule has 1 fully saturated rings. The van der Waals surface area contributed by atoms with E-state index in [1.807, 2.05) is 27.1 Å². The molecule has 0 amide bonds. The third-order valence-electron chi connectivity index (χ3n) is 3.40. The van der Waals surface area contributed by atoms with Gasteiger partial charge in [-0.2, -0.15) is 10.1 Å². The molecular weight excluding hydrogens is 274 g/mol. The van der Waals surface area contributed by atoms with Crippen molar-refractivity contribution in [2.45, 2.75) is 52.0 Å². The summed E-state index contributed by atoms with van der Waals surface area (Å²) in [5.74, 6) is 0.762. The maximum Gasteiger partial charge on any atom is 0.225 e. The molecule has 2 heterocycles. The van der Waals surface area contributed by atoms with E-state index in [1.54, 1.807) is 4.68 Å². The molecule has 0 aromatic carbocycles. The van der Waals surface area contributed by atoms with Crippen molar-refractivity contribution in [2.75, 3.05) is 5.32 Å². The topological polar surface area (TPSA) is 55.6 Å². The van der Waals surface area contributed by atoms with E-state index in [4.69, 9.17) is 11.6 Å². The monoisotopic (exact) mass is 295 g/mol. The third-order valence-corrected chi connectivity index (χ3v) is 3.57. The van der Waals surface area contributed by atoms with Crippen molar-refractivity contribution < 1.29 is 0 Å². The largest absolute Gasteiger partial charge is 0.365 e. The number of halogens is 1. The zero-order valence-corrected chi connectivity index (χ0v) is 13.1. The molecule has 3 rings (SSSR count). The highest BCUT2D eigenvalue weighted by molar-refractivity contribution is 6.28. The number of rotatable bonds is 2. The van der Waals surface area contributed by atoms with Gasteiger partial charge in [-0.25, -0.2) is 4.98 Å². The van der Waals surface area contributed by atoms with Gasteiger partial charge in [-0.1, -0.05) is 33.1 Å². The Morgan fingerprint density at radius 2 is 1.90 bits per heavy atom. The lowest BCUT2D eigenvalue weighted by Gasteiger charge is -2.23. The van der Waals surface area contributed by atoms with E-state index in [0.29, 0.717) is 6.04 Å². The Kier molecular flexibility index (Phi) is 5.17. The normalized spacial score (nSPS) is 15.8. The van der Waals surface area contributed by atoms with E-state index >= 15 is 0 Å². The number of nitrogens with zero attached hydrogens (tertiary/aromatic N) is 4. The molecule has 2 aromatic heterocycles. The van der Waals surface area contributed by atoms with Crippen LogP contribution < -0.4 is 5.32 Å². The van der Waals surface area contributed by atoms with Gasteiger partial charge < -0.3 is 5.32 Å². The average Bonchev–Trinajstić information content (AvgIpc) is 2.82. The third kappa shape index (κ3) is 3.39. The Balaban J connectivity index is 0.000000704. The summed E-state index contributed by atoms with van der Waals surface area (Å²) in [7, 11) is 1.87. The Hall–Kier alpha value is -1.36. The van der Waals surface area contributed by atoms with Crippen LogP contribution in [-0.4, -0.2) is 25.8 Å². The van der Waals surface area contributed by atoms with Crippen LogP contribution in [0.25, 0.3) is 11.0 Å². The maximum atomic E-state index is 5.95. The summed E-state index contributed by atoms with van der Waals surface area (Å²) in [5, 5.41) is 8.13. The van der Waals surface area contributed by atoms with Crippen molar-refractivity contribution in [1.29, 1.82) is 0 Å². The van der Waals surface area contributed by atoms with Crippen LogP contribution in [0.5, 0.6) is 0 Å². The number of hydrogen-bond donors (Lipinski definition) is 1. The summed E-state index contributed by atoms with van der Waals surface area (Å²) in [4.78, 5) is 8.46. The first-order valence-corrected chi connectivity index (χ1v) is 7.73. The number of aryl methyl sites for hydroxylation is 1. The smallest absolute Gasteiger partial charge is 0.225 e. The highest BCUT2D eigenvalue weighted by Gasteiger charge is 2.17. The van der Waals surface area contributed by atoms with Crippen molar-refractivity contribution in [3.05, 3.63) is 11.5 Å². The van der Waals surface area contributed by atoms with Gasteiger partial charge in [-0.15, -0.1) is 0 Å². The lowest BCUT2D eigenvalue weighted by molar-refractivity contribution is 0.462. The lowest BCUT2D eigenvalue weighted by Crippen LogP contribution is -2.23. The Bertz CT molecular complexity index is 560. The Labute approximate surface area is 124 Å². The molecule has 0 bridgehead atoms. The summed E-state index contributed by atoms with van der Waals surface area (Å²) in [6.45, 7) is 4.00. The second-order valence-electron chi connectivity index (χ2n) is 4.86. The van der Waals surface area contributed by atoms with Crippen LogP contribution in [-0.2, 0) is 7.05 Å². The van der Waals surface area contributed by atoms with Gasteiger partial charge in [-0.05, 0) is 24.4 Å². The fourth-order valence-corrected chi connectivity index (χ4v) is 2.71. The van der Waals surface area contributed by atoms with Crippen molar-refractivity contribution in [3.63, 3.8) is 0 Å². The van der Waals surface area contributed by atoms with Gasteiger partial charge in [0.1, 0.15) is 5.52 Å². The zero-order chi connectivity index (χ0) is 14.5. The number of anilines is 1. The summed E-state index contributed by atoms with van der Waals surface area (Å²) in [6, 6.07) is 0.481. The predicted molar refractivity (Wildman–Crippen MR) is 83.2 cm³/mol. The molecule has 0 unspecified atom stereocenters. The molecule has 0 radical (unpaired) electrons. The minimum Gasteiger partial charge on any atom is -0.365 e. The van der Waals surface area contributed by atoms with Crippen LogP contribution in [0.3, 0.4) is 0 Å². The molecule has 0 spiro atoms. The van der Waals surface area contributed by atoms with E-state index < -0.39 is 0 Å². The van der Waals surface area contributed by atoms with Crippen molar-refractivity contribution in [3.8, 4) is 0 Å². The van der Waals surface area contributed by atoms with Crippen molar-refractivity contribution in [2.24, 2.45) is 7.05 Å². The van der Waals surface area contributed by atoms with Crippen LogP contribution in [0.15, 0.2) is 6.20 Å². The number of nitrogens with one attached hydrogen (secondary N) is 1. The molecular formula is C14H22ClN5. The fourth-order valence-electron chi connectivity index (χ4n) is 2.54. The fraction of sp³-hybridized carbons (Fsp3) is 0.643. The first kappa shape index (κ1) is 15.0. The minimum atomic E-state index is 0.272. The van der Waals surface area contributed by atoms with Gasteiger partial charge in [0, 0.05) is 13.1 Å². The van der Waals surface area contributed by atoms with E-state index in [1.165, 1.54) is 32.1 Å². The number of hydrogen-bond acceptors (Lipinski definition) is 4. The second kappa shape index (κ2) is 6.88. The van der Waals surface area contributed by atoms with Gasteiger partial charge in [0.25, 0.3) is 0 Å². The molecule has 6 heteroatoms. The SMILES string of the molecule is CC.Cn1cc2nc(Cl)nc(NC3CCCCC3)c2n1. The number of aromatic nitrogens is 4. The van der Waals surface area contributed by atoms with Crippen LogP contribution in [0, 0.1) is 0 Å². The molecule has 5 nitrogen and oxygen atoms in total. The van der Waals surface area contributed by atoms with Gasteiger partial charge in [-0.3, -0.25) is 4.68 Å². The molecule has 2 aromatic rings. The molecule has 0 saturated heterocycles. The van der Waals surface area contributed by atoms with Crippen molar-refractivity contribution in [1.82, 2.24) is 19.7 Å². The molecule has 1 N–H and O–H groups in total. The molecule has 1 aliphatic rings. The van der Waals surface area contributed by atoms with Gasteiger partial charge in [0.05, 0.1) is 6.20 Å². The molecule has 20 heavy (non-hydrogen) atoms. The molecule has 0 aliphatic heterocycles. The van der Waals surface area contributed by atoms with Crippen LogP contribution >= 0.6 is 11.6 Å². The van der Waals surface area contributed by atoms with Crippen molar-refractivity contribution >= 4 is 28.5 Å². The summed E-state index contributed by atoms with van der Waals surface area (Å²) in [6.07, 6.45) is 8.13. The Morgan fingerprint density at radius 3 is 2.60 bits per heavy atom. The highest BCUT2D eigenvalue weighted by atomic mass is 35.5. The molecule has 110 valence electrons.